The fourth-order valence-corrected chi connectivity index (χ4v) is 2.62. The molecule has 0 unspecified atom stereocenters. The van der Waals surface area contributed by atoms with Gasteiger partial charge in [0.25, 0.3) is 0 Å². The summed E-state index contributed by atoms with van der Waals surface area (Å²) >= 11 is 1.25. The number of hydrogen-bond donors (Lipinski definition) is 1. The van der Waals surface area contributed by atoms with E-state index in [1.165, 1.54) is 17.8 Å². The second-order valence-electron chi connectivity index (χ2n) is 4.03. The molecule has 0 aromatic heterocycles. The molecule has 2 aromatic carbocycles. The fraction of sp³-hybridized carbons (Fsp3) is 0.125. The zero-order valence-corrected chi connectivity index (χ0v) is 11.5. The molecule has 20 heavy (non-hydrogen) atoms. The highest BCUT2D eigenvalue weighted by molar-refractivity contribution is 7.98. The van der Waals surface area contributed by atoms with Crippen LogP contribution in [0.25, 0.3) is 0 Å². The highest BCUT2D eigenvalue weighted by Crippen LogP contribution is 2.27. The Morgan fingerprint density at radius 1 is 1.10 bits per heavy atom. The SMILES string of the molecule is NCC#Cc1ccccc1CSc1cc(F)ccc1F. The van der Waals surface area contributed by atoms with Crippen LogP contribution in [0.5, 0.6) is 0 Å². The highest BCUT2D eigenvalue weighted by Gasteiger charge is 2.06. The minimum absolute atomic E-state index is 0.292. The molecule has 0 bridgehead atoms. The number of halogens is 2. The van der Waals surface area contributed by atoms with Crippen molar-refractivity contribution < 1.29 is 8.78 Å². The van der Waals surface area contributed by atoms with Crippen LogP contribution >= 0.6 is 11.8 Å². The van der Waals surface area contributed by atoms with E-state index in [1.54, 1.807) is 0 Å². The lowest BCUT2D eigenvalue weighted by atomic mass is 10.1. The van der Waals surface area contributed by atoms with Gasteiger partial charge >= 0.3 is 0 Å². The van der Waals surface area contributed by atoms with E-state index in [2.05, 4.69) is 11.8 Å². The van der Waals surface area contributed by atoms with E-state index in [4.69, 9.17) is 5.73 Å². The van der Waals surface area contributed by atoms with Gasteiger partial charge in [0.05, 0.1) is 6.54 Å². The van der Waals surface area contributed by atoms with Crippen molar-refractivity contribution in [3.05, 3.63) is 65.2 Å². The van der Waals surface area contributed by atoms with Crippen LogP contribution in [0.3, 0.4) is 0 Å². The van der Waals surface area contributed by atoms with Gasteiger partial charge in [-0.05, 0) is 29.8 Å². The van der Waals surface area contributed by atoms with Gasteiger partial charge in [-0.1, -0.05) is 30.0 Å². The maximum absolute atomic E-state index is 13.5. The first-order chi connectivity index (χ1) is 9.70. The Morgan fingerprint density at radius 3 is 2.70 bits per heavy atom. The summed E-state index contributed by atoms with van der Waals surface area (Å²) in [5.74, 6) is 5.45. The van der Waals surface area contributed by atoms with Crippen molar-refractivity contribution in [1.29, 1.82) is 0 Å². The Balaban J connectivity index is 2.17. The van der Waals surface area contributed by atoms with Crippen molar-refractivity contribution in [3.8, 4) is 11.8 Å². The van der Waals surface area contributed by atoms with E-state index in [9.17, 15) is 8.78 Å². The van der Waals surface area contributed by atoms with Crippen LogP contribution in [-0.4, -0.2) is 6.54 Å². The van der Waals surface area contributed by atoms with Gasteiger partial charge in [-0.15, -0.1) is 11.8 Å². The third-order valence-corrected chi connectivity index (χ3v) is 3.70. The molecular weight excluding hydrogens is 276 g/mol. The molecule has 2 N–H and O–H groups in total. The summed E-state index contributed by atoms with van der Waals surface area (Å²) in [6.45, 7) is 0.292. The van der Waals surface area contributed by atoms with Crippen LogP contribution in [0.4, 0.5) is 8.78 Å². The lowest BCUT2D eigenvalue weighted by Crippen LogP contribution is -1.94. The molecule has 1 nitrogen and oxygen atoms in total. The molecule has 0 amide bonds. The van der Waals surface area contributed by atoms with Gasteiger partial charge in [0.1, 0.15) is 11.6 Å². The first-order valence-corrected chi connectivity index (χ1v) is 7.04. The van der Waals surface area contributed by atoms with Crippen molar-refractivity contribution in [2.75, 3.05) is 6.54 Å². The van der Waals surface area contributed by atoms with Gasteiger partial charge in [-0.25, -0.2) is 8.78 Å². The van der Waals surface area contributed by atoms with Crippen LogP contribution < -0.4 is 5.73 Å². The molecule has 4 heteroatoms. The van der Waals surface area contributed by atoms with Crippen molar-refractivity contribution in [1.82, 2.24) is 0 Å². The molecular formula is C16H13F2NS. The first kappa shape index (κ1) is 14.6. The lowest BCUT2D eigenvalue weighted by molar-refractivity contribution is 0.577. The summed E-state index contributed by atoms with van der Waals surface area (Å²) < 4.78 is 26.6. The average Bonchev–Trinajstić information content (AvgIpc) is 2.47. The van der Waals surface area contributed by atoms with E-state index < -0.39 is 11.6 Å². The lowest BCUT2D eigenvalue weighted by Gasteiger charge is -2.06. The Morgan fingerprint density at radius 2 is 1.90 bits per heavy atom. The van der Waals surface area contributed by atoms with Crippen molar-refractivity contribution in [2.24, 2.45) is 5.73 Å². The molecule has 0 heterocycles. The maximum Gasteiger partial charge on any atom is 0.136 e. The van der Waals surface area contributed by atoms with Crippen LogP contribution in [0.15, 0.2) is 47.4 Å². The molecule has 0 atom stereocenters. The molecule has 2 rings (SSSR count). The Bertz CT molecular complexity index is 659. The van der Waals surface area contributed by atoms with Gasteiger partial charge in [0.15, 0.2) is 0 Å². The summed E-state index contributed by atoms with van der Waals surface area (Å²) in [6, 6.07) is 11.0. The summed E-state index contributed by atoms with van der Waals surface area (Å²) in [5.41, 5.74) is 7.20. The van der Waals surface area contributed by atoms with Gasteiger partial charge in [0.2, 0.25) is 0 Å². The Labute approximate surface area is 121 Å². The van der Waals surface area contributed by atoms with Crippen molar-refractivity contribution >= 4 is 11.8 Å². The maximum atomic E-state index is 13.5. The monoisotopic (exact) mass is 289 g/mol. The molecule has 0 aliphatic heterocycles. The molecule has 0 saturated heterocycles. The number of benzene rings is 2. The second-order valence-corrected chi connectivity index (χ2v) is 5.04. The van der Waals surface area contributed by atoms with E-state index in [-0.39, 0.29) is 0 Å². The number of hydrogen-bond acceptors (Lipinski definition) is 2. The number of thioether (sulfide) groups is 1. The quantitative estimate of drug-likeness (QED) is 0.690. The van der Waals surface area contributed by atoms with Crippen LogP contribution in [0.1, 0.15) is 11.1 Å². The van der Waals surface area contributed by atoms with Gasteiger partial charge in [-0.3, -0.25) is 0 Å². The summed E-state index contributed by atoms with van der Waals surface area (Å²) in [5, 5.41) is 0. The minimum Gasteiger partial charge on any atom is -0.320 e. The third-order valence-electron chi connectivity index (χ3n) is 2.62. The van der Waals surface area contributed by atoms with E-state index in [1.807, 2.05) is 24.3 Å². The molecule has 2 aromatic rings. The fourth-order valence-electron chi connectivity index (χ4n) is 1.66. The molecule has 102 valence electrons. The second kappa shape index (κ2) is 7.09. The smallest absolute Gasteiger partial charge is 0.136 e. The van der Waals surface area contributed by atoms with Gasteiger partial charge in [-0.2, -0.15) is 0 Å². The van der Waals surface area contributed by atoms with Crippen LogP contribution in [-0.2, 0) is 5.75 Å². The molecule has 0 radical (unpaired) electrons. The Hall–Kier alpha value is -1.83. The van der Waals surface area contributed by atoms with Crippen LogP contribution in [0.2, 0.25) is 0 Å². The Kier molecular flexibility index (Phi) is 5.16. The highest BCUT2D eigenvalue weighted by atomic mass is 32.2. The minimum atomic E-state index is -0.440. The van der Waals surface area contributed by atoms with Gasteiger partial charge in [0, 0.05) is 16.2 Å². The molecule has 0 saturated carbocycles. The number of nitrogens with two attached hydrogens (primary N) is 1. The normalized spacial score (nSPS) is 9.95. The van der Waals surface area contributed by atoms with E-state index in [0.717, 1.165) is 23.3 Å². The zero-order valence-electron chi connectivity index (χ0n) is 10.7. The third kappa shape index (κ3) is 3.83. The predicted octanol–water partition coefficient (Wildman–Crippen LogP) is 3.57. The standard InChI is InChI=1S/C16H13F2NS/c17-14-7-8-15(18)16(10-14)20-11-13-5-2-1-4-12(13)6-3-9-19/h1-2,4-5,7-8,10H,9,11,19H2. The van der Waals surface area contributed by atoms with Crippen LogP contribution in [0, 0.1) is 23.5 Å². The topological polar surface area (TPSA) is 26.0 Å². The molecule has 0 fully saturated rings. The summed E-state index contributed by atoms with van der Waals surface area (Å²) in [7, 11) is 0. The largest absolute Gasteiger partial charge is 0.320 e. The molecule has 0 spiro atoms. The molecule has 0 aliphatic rings. The van der Waals surface area contributed by atoms with Crippen molar-refractivity contribution in [2.45, 2.75) is 10.6 Å². The number of rotatable bonds is 3. The van der Waals surface area contributed by atoms with Gasteiger partial charge < -0.3 is 5.73 Å². The first-order valence-electron chi connectivity index (χ1n) is 6.05. The van der Waals surface area contributed by atoms with E-state index >= 15 is 0 Å². The molecule has 0 aliphatic carbocycles. The average molecular weight is 289 g/mol. The van der Waals surface area contributed by atoms with Crippen molar-refractivity contribution in [3.63, 3.8) is 0 Å². The zero-order chi connectivity index (χ0) is 14.4. The summed E-state index contributed by atoms with van der Waals surface area (Å²) in [6.07, 6.45) is 0. The van der Waals surface area contributed by atoms with E-state index in [0.29, 0.717) is 17.2 Å². The summed E-state index contributed by atoms with van der Waals surface area (Å²) in [4.78, 5) is 0.298. The predicted molar refractivity (Wildman–Crippen MR) is 78.3 cm³/mol.